The van der Waals surface area contributed by atoms with Gasteiger partial charge in [-0.3, -0.25) is 0 Å². The van der Waals surface area contributed by atoms with Crippen molar-refractivity contribution in [3.8, 4) is 11.5 Å². The van der Waals surface area contributed by atoms with Crippen molar-refractivity contribution in [2.75, 3.05) is 18.6 Å². The molecule has 3 rings (SSSR count). The molecule has 25 heavy (non-hydrogen) atoms. The molecule has 8 nitrogen and oxygen atoms in total. The summed E-state index contributed by atoms with van der Waals surface area (Å²) in [7, 11) is 1.57. The van der Waals surface area contributed by atoms with Crippen LogP contribution in [0, 0.1) is 0 Å². The van der Waals surface area contributed by atoms with Gasteiger partial charge >= 0.3 is 0 Å². The van der Waals surface area contributed by atoms with Crippen molar-refractivity contribution in [2.24, 2.45) is 4.99 Å². The number of methoxy groups -OCH3 is 1. The predicted octanol–water partition coefficient (Wildman–Crippen LogP) is 2.43. The van der Waals surface area contributed by atoms with Crippen molar-refractivity contribution < 1.29 is 9.84 Å². The molecule has 0 atom stereocenters. The van der Waals surface area contributed by atoms with E-state index in [1.165, 1.54) is 0 Å². The number of aromatic hydroxyl groups is 1. The minimum atomic E-state index is 0.0387. The zero-order valence-electron chi connectivity index (χ0n) is 13.9. The molecule has 0 aliphatic rings. The molecule has 0 aliphatic carbocycles. The second-order valence-electron chi connectivity index (χ2n) is 5.27. The van der Waals surface area contributed by atoms with Gasteiger partial charge in [-0.05, 0) is 24.6 Å². The van der Waals surface area contributed by atoms with Crippen LogP contribution in [0.2, 0.25) is 0 Å². The summed E-state index contributed by atoms with van der Waals surface area (Å²) in [6, 6.07) is 8.72. The first kappa shape index (κ1) is 16.4. The summed E-state index contributed by atoms with van der Waals surface area (Å²) in [5.74, 6) is 1.16. The van der Waals surface area contributed by atoms with E-state index in [1.807, 2.05) is 19.1 Å². The highest BCUT2D eigenvalue weighted by atomic mass is 16.5. The molecule has 8 heteroatoms. The number of fused-ring (bicyclic) bond motifs is 1. The van der Waals surface area contributed by atoms with Crippen LogP contribution in [0.3, 0.4) is 0 Å². The number of ether oxygens (including phenoxy) is 1. The highest BCUT2D eigenvalue weighted by Crippen LogP contribution is 2.39. The molecule has 3 aromatic rings. The number of phenols is 1. The molecule has 0 unspecified atom stereocenters. The number of benzene rings is 2. The summed E-state index contributed by atoms with van der Waals surface area (Å²) in [6.45, 7) is 1.93. The van der Waals surface area contributed by atoms with Gasteiger partial charge in [-0.15, -0.1) is 0 Å². The van der Waals surface area contributed by atoms with Gasteiger partial charge in [-0.2, -0.15) is 15.0 Å². The zero-order valence-corrected chi connectivity index (χ0v) is 13.9. The van der Waals surface area contributed by atoms with Gasteiger partial charge in [0.15, 0.2) is 5.82 Å². The minimum Gasteiger partial charge on any atom is -0.507 e. The second-order valence-corrected chi connectivity index (χ2v) is 5.27. The number of aliphatic imine (C=N–C) groups is 1. The standard InChI is InChI=1S/C17H18N6O2/c1-3-10(15-21-16(18)23-17(19)22-15)20-11-7-8-12(24)9-5-4-6-13(25-2)14(9)11/h4-8,24H,3H2,1-2H3,(H4,18,19,21,22,23)/b20-10+. The smallest absolute Gasteiger partial charge is 0.225 e. The summed E-state index contributed by atoms with van der Waals surface area (Å²) in [5, 5.41) is 11.5. The van der Waals surface area contributed by atoms with Crippen LogP contribution in [0.1, 0.15) is 19.2 Å². The first-order valence-electron chi connectivity index (χ1n) is 7.67. The Morgan fingerprint density at radius 1 is 1.12 bits per heavy atom. The van der Waals surface area contributed by atoms with Crippen LogP contribution in [-0.2, 0) is 0 Å². The number of aromatic nitrogens is 3. The quantitative estimate of drug-likeness (QED) is 0.622. The van der Waals surface area contributed by atoms with Crippen LogP contribution in [0.5, 0.6) is 11.5 Å². The lowest BCUT2D eigenvalue weighted by molar-refractivity contribution is 0.419. The summed E-state index contributed by atoms with van der Waals surface area (Å²) in [4.78, 5) is 16.7. The Kier molecular flexibility index (Phi) is 4.34. The van der Waals surface area contributed by atoms with Gasteiger partial charge in [0.1, 0.15) is 11.5 Å². The molecule has 0 saturated carbocycles. The minimum absolute atomic E-state index is 0.0387. The average Bonchev–Trinajstić information content (AvgIpc) is 2.60. The number of nitrogens with two attached hydrogens (primary N) is 2. The molecular formula is C17H18N6O2. The molecule has 0 saturated heterocycles. The number of nitrogen functional groups attached to an aromatic ring is 2. The number of nitrogens with zero attached hydrogens (tertiary/aromatic N) is 4. The third kappa shape index (κ3) is 3.14. The Morgan fingerprint density at radius 2 is 1.84 bits per heavy atom. The molecule has 0 fully saturated rings. The van der Waals surface area contributed by atoms with E-state index >= 15 is 0 Å². The van der Waals surface area contributed by atoms with Crippen molar-refractivity contribution in [1.29, 1.82) is 0 Å². The number of hydrogen-bond acceptors (Lipinski definition) is 8. The Morgan fingerprint density at radius 3 is 2.48 bits per heavy atom. The highest BCUT2D eigenvalue weighted by Gasteiger charge is 2.13. The van der Waals surface area contributed by atoms with Gasteiger partial charge < -0.3 is 21.3 Å². The van der Waals surface area contributed by atoms with E-state index in [-0.39, 0.29) is 17.6 Å². The fourth-order valence-corrected chi connectivity index (χ4v) is 2.57. The maximum absolute atomic E-state index is 10.1. The molecule has 5 N–H and O–H groups in total. The largest absolute Gasteiger partial charge is 0.507 e. The predicted molar refractivity (Wildman–Crippen MR) is 97.3 cm³/mol. The normalized spacial score (nSPS) is 11.7. The Hall–Kier alpha value is -3.42. The third-order valence-electron chi connectivity index (χ3n) is 3.70. The second kappa shape index (κ2) is 6.60. The highest BCUT2D eigenvalue weighted by molar-refractivity contribution is 6.05. The Labute approximate surface area is 144 Å². The third-order valence-corrected chi connectivity index (χ3v) is 3.70. The van der Waals surface area contributed by atoms with Crippen LogP contribution in [0.15, 0.2) is 35.3 Å². The van der Waals surface area contributed by atoms with Crippen LogP contribution in [0.4, 0.5) is 17.6 Å². The van der Waals surface area contributed by atoms with E-state index in [2.05, 4.69) is 19.9 Å². The fraction of sp³-hybridized carbons (Fsp3) is 0.176. The van der Waals surface area contributed by atoms with Crippen molar-refractivity contribution in [1.82, 2.24) is 15.0 Å². The summed E-state index contributed by atoms with van der Waals surface area (Å²) in [6.07, 6.45) is 0.556. The number of hydrogen-bond donors (Lipinski definition) is 3. The van der Waals surface area contributed by atoms with Crippen molar-refractivity contribution in [3.05, 3.63) is 36.2 Å². The zero-order chi connectivity index (χ0) is 18.0. The van der Waals surface area contributed by atoms with Gasteiger partial charge in [0, 0.05) is 5.39 Å². The summed E-state index contributed by atoms with van der Waals surface area (Å²) < 4.78 is 5.42. The molecule has 1 heterocycles. The van der Waals surface area contributed by atoms with E-state index < -0.39 is 0 Å². The van der Waals surface area contributed by atoms with Gasteiger partial charge in [-0.25, -0.2) is 4.99 Å². The Bertz CT molecular complexity index is 951. The van der Waals surface area contributed by atoms with Crippen LogP contribution >= 0.6 is 0 Å². The monoisotopic (exact) mass is 338 g/mol. The summed E-state index contributed by atoms with van der Waals surface area (Å²) in [5.41, 5.74) is 12.5. The molecule has 0 amide bonds. The molecule has 0 radical (unpaired) electrons. The topological polar surface area (TPSA) is 133 Å². The van der Waals surface area contributed by atoms with Crippen LogP contribution in [0.25, 0.3) is 10.8 Å². The van der Waals surface area contributed by atoms with Crippen LogP contribution < -0.4 is 16.2 Å². The van der Waals surface area contributed by atoms with Crippen molar-refractivity contribution in [3.63, 3.8) is 0 Å². The lowest BCUT2D eigenvalue weighted by Crippen LogP contribution is -2.11. The van der Waals surface area contributed by atoms with Gasteiger partial charge in [0.2, 0.25) is 11.9 Å². The lowest BCUT2D eigenvalue weighted by Gasteiger charge is -2.11. The molecule has 0 bridgehead atoms. The van der Waals surface area contributed by atoms with Gasteiger partial charge in [0.25, 0.3) is 0 Å². The lowest BCUT2D eigenvalue weighted by atomic mass is 10.1. The fourth-order valence-electron chi connectivity index (χ4n) is 2.57. The number of rotatable bonds is 4. The average molecular weight is 338 g/mol. The molecule has 2 aromatic carbocycles. The summed E-state index contributed by atoms with van der Waals surface area (Å²) >= 11 is 0. The van der Waals surface area contributed by atoms with E-state index in [1.54, 1.807) is 25.3 Å². The van der Waals surface area contributed by atoms with E-state index in [4.69, 9.17) is 16.2 Å². The molecule has 128 valence electrons. The van der Waals surface area contributed by atoms with Crippen molar-refractivity contribution in [2.45, 2.75) is 13.3 Å². The van der Waals surface area contributed by atoms with E-state index in [0.717, 1.165) is 0 Å². The SMILES string of the molecule is CC/C(=N\c1ccc(O)c2cccc(OC)c12)c1nc(N)nc(N)n1. The molecular weight excluding hydrogens is 320 g/mol. The first-order valence-corrected chi connectivity index (χ1v) is 7.67. The van der Waals surface area contributed by atoms with E-state index in [9.17, 15) is 5.11 Å². The number of anilines is 2. The van der Waals surface area contributed by atoms with Gasteiger partial charge in [-0.1, -0.05) is 19.1 Å². The van der Waals surface area contributed by atoms with Crippen molar-refractivity contribution >= 4 is 34.1 Å². The molecule has 0 spiro atoms. The first-order chi connectivity index (χ1) is 12.0. The van der Waals surface area contributed by atoms with Gasteiger partial charge in [0.05, 0.1) is 23.9 Å². The molecule has 0 aliphatic heterocycles. The van der Waals surface area contributed by atoms with E-state index in [0.29, 0.717) is 40.2 Å². The van der Waals surface area contributed by atoms with Crippen LogP contribution in [-0.4, -0.2) is 32.9 Å². The Balaban J connectivity index is 2.24. The maximum atomic E-state index is 10.1. The maximum Gasteiger partial charge on any atom is 0.225 e. The number of phenolic OH excluding ortho intramolecular Hbond substituents is 1. The molecule has 1 aromatic heterocycles.